The Labute approximate surface area is 114 Å². The highest BCUT2D eigenvalue weighted by Gasteiger charge is 2.46. The molecule has 1 aliphatic carbocycles. The summed E-state index contributed by atoms with van der Waals surface area (Å²) in [5, 5.41) is 9.69. The molecule has 0 amide bonds. The predicted octanol–water partition coefficient (Wildman–Crippen LogP) is 2.68. The van der Waals surface area contributed by atoms with Crippen LogP contribution in [0.3, 0.4) is 0 Å². The van der Waals surface area contributed by atoms with Crippen molar-refractivity contribution in [3.8, 4) is 0 Å². The molecule has 0 unspecified atom stereocenters. The number of benzene rings is 1. The maximum Gasteiger partial charge on any atom is 0.315 e. The summed E-state index contributed by atoms with van der Waals surface area (Å²) in [6, 6.07) is 11.3. The SMILES string of the molecule is O=Cc1ccc(C2(C(=O)O)Cc3ccccc3C2)s1. The molecule has 2 aromatic rings. The standard InChI is InChI=1S/C15H12O3S/c16-9-12-5-6-13(19-12)15(14(17)18)7-10-3-1-2-4-11(10)8-15/h1-6,9H,7-8H2,(H,17,18). The van der Waals surface area contributed by atoms with Gasteiger partial charge in [0.1, 0.15) is 5.41 Å². The van der Waals surface area contributed by atoms with E-state index in [1.807, 2.05) is 24.3 Å². The van der Waals surface area contributed by atoms with E-state index in [2.05, 4.69) is 0 Å². The van der Waals surface area contributed by atoms with E-state index in [1.54, 1.807) is 12.1 Å². The van der Waals surface area contributed by atoms with Gasteiger partial charge in [0.2, 0.25) is 0 Å². The highest BCUT2D eigenvalue weighted by Crippen LogP contribution is 2.42. The van der Waals surface area contributed by atoms with Gasteiger partial charge in [-0.15, -0.1) is 11.3 Å². The van der Waals surface area contributed by atoms with Crippen LogP contribution in [0.1, 0.15) is 25.7 Å². The molecule has 0 radical (unpaired) electrons. The Morgan fingerprint density at radius 2 is 1.79 bits per heavy atom. The van der Waals surface area contributed by atoms with E-state index in [4.69, 9.17) is 0 Å². The van der Waals surface area contributed by atoms with Crippen LogP contribution in [0.2, 0.25) is 0 Å². The number of carbonyl (C=O) groups excluding carboxylic acids is 1. The Bertz CT molecular complexity index is 632. The predicted molar refractivity (Wildman–Crippen MR) is 72.9 cm³/mol. The molecule has 0 fully saturated rings. The molecule has 4 heteroatoms. The zero-order chi connectivity index (χ0) is 13.5. The normalized spacial score (nSPS) is 16.0. The smallest absolute Gasteiger partial charge is 0.315 e. The number of aliphatic carboxylic acids is 1. The fourth-order valence-corrected chi connectivity index (χ4v) is 3.72. The summed E-state index contributed by atoms with van der Waals surface area (Å²) < 4.78 is 0. The molecular formula is C15H12O3S. The number of carboxylic acids is 1. The zero-order valence-corrected chi connectivity index (χ0v) is 10.9. The molecule has 3 rings (SSSR count). The van der Waals surface area contributed by atoms with E-state index in [0.29, 0.717) is 17.7 Å². The molecule has 1 aromatic heterocycles. The van der Waals surface area contributed by atoms with Crippen LogP contribution in [0.15, 0.2) is 36.4 Å². The van der Waals surface area contributed by atoms with E-state index in [-0.39, 0.29) is 0 Å². The zero-order valence-electron chi connectivity index (χ0n) is 10.1. The van der Waals surface area contributed by atoms with E-state index in [0.717, 1.165) is 22.3 Å². The van der Waals surface area contributed by atoms with Gasteiger partial charge >= 0.3 is 5.97 Å². The molecule has 0 saturated carbocycles. The number of thiophene rings is 1. The maximum absolute atomic E-state index is 11.8. The number of carboxylic acid groups (broad SMARTS) is 1. The number of fused-ring (bicyclic) bond motifs is 1. The van der Waals surface area contributed by atoms with Crippen LogP contribution in [0.5, 0.6) is 0 Å². The number of aldehydes is 1. The van der Waals surface area contributed by atoms with E-state index < -0.39 is 11.4 Å². The van der Waals surface area contributed by atoms with Crippen LogP contribution in [-0.4, -0.2) is 17.4 Å². The first-order chi connectivity index (χ1) is 9.15. The van der Waals surface area contributed by atoms with Crippen LogP contribution in [0.4, 0.5) is 0 Å². The number of hydrogen-bond acceptors (Lipinski definition) is 3. The molecule has 0 saturated heterocycles. The molecular weight excluding hydrogens is 260 g/mol. The number of rotatable bonds is 3. The van der Waals surface area contributed by atoms with Crippen molar-refractivity contribution in [2.45, 2.75) is 18.3 Å². The average Bonchev–Trinajstić information content (AvgIpc) is 3.03. The van der Waals surface area contributed by atoms with Gasteiger partial charge in [-0.2, -0.15) is 0 Å². The van der Waals surface area contributed by atoms with Crippen LogP contribution in [0.25, 0.3) is 0 Å². The lowest BCUT2D eigenvalue weighted by Crippen LogP contribution is -2.35. The van der Waals surface area contributed by atoms with Crippen LogP contribution >= 0.6 is 11.3 Å². The van der Waals surface area contributed by atoms with Crippen molar-refractivity contribution in [3.63, 3.8) is 0 Å². The lowest BCUT2D eigenvalue weighted by molar-refractivity contribution is -0.143. The Morgan fingerprint density at radius 3 is 2.26 bits per heavy atom. The van der Waals surface area contributed by atoms with Gasteiger partial charge < -0.3 is 5.11 Å². The van der Waals surface area contributed by atoms with E-state index in [9.17, 15) is 14.7 Å². The molecule has 0 aliphatic heterocycles. The Balaban J connectivity index is 2.08. The summed E-state index contributed by atoms with van der Waals surface area (Å²) in [7, 11) is 0. The van der Waals surface area contributed by atoms with Crippen molar-refractivity contribution in [2.24, 2.45) is 0 Å². The molecule has 3 nitrogen and oxygen atoms in total. The van der Waals surface area contributed by atoms with Gasteiger partial charge in [0, 0.05) is 4.88 Å². The van der Waals surface area contributed by atoms with Crippen LogP contribution < -0.4 is 0 Å². The number of carbonyl (C=O) groups is 2. The van der Waals surface area contributed by atoms with E-state index in [1.165, 1.54) is 11.3 Å². The first kappa shape index (κ1) is 12.1. The van der Waals surface area contributed by atoms with Gasteiger partial charge in [0.05, 0.1) is 4.88 Å². The van der Waals surface area contributed by atoms with Gasteiger partial charge in [-0.25, -0.2) is 0 Å². The van der Waals surface area contributed by atoms with Crippen LogP contribution in [0, 0.1) is 0 Å². The summed E-state index contributed by atoms with van der Waals surface area (Å²) in [5.74, 6) is -0.817. The number of hydrogen-bond donors (Lipinski definition) is 1. The minimum atomic E-state index is -0.907. The average molecular weight is 272 g/mol. The minimum Gasteiger partial charge on any atom is -0.481 e. The first-order valence-electron chi connectivity index (χ1n) is 6.01. The Hall–Kier alpha value is -1.94. The summed E-state index contributed by atoms with van der Waals surface area (Å²) in [6.45, 7) is 0. The third-order valence-electron chi connectivity index (χ3n) is 3.73. The second-order valence-corrected chi connectivity index (χ2v) is 5.94. The van der Waals surface area contributed by atoms with Gasteiger partial charge in [0.25, 0.3) is 0 Å². The monoisotopic (exact) mass is 272 g/mol. The molecule has 1 aromatic carbocycles. The molecule has 0 bridgehead atoms. The molecule has 1 heterocycles. The lowest BCUT2D eigenvalue weighted by Gasteiger charge is -2.22. The van der Waals surface area contributed by atoms with Crippen molar-refractivity contribution >= 4 is 23.6 Å². The van der Waals surface area contributed by atoms with Gasteiger partial charge in [-0.05, 0) is 36.1 Å². The molecule has 1 aliphatic rings. The second kappa shape index (κ2) is 4.31. The van der Waals surface area contributed by atoms with Crippen molar-refractivity contribution in [1.82, 2.24) is 0 Å². The summed E-state index contributed by atoms with van der Waals surface area (Å²) in [6.07, 6.45) is 1.76. The maximum atomic E-state index is 11.8. The highest BCUT2D eigenvalue weighted by molar-refractivity contribution is 7.13. The molecule has 96 valence electrons. The molecule has 19 heavy (non-hydrogen) atoms. The van der Waals surface area contributed by atoms with Crippen molar-refractivity contribution in [3.05, 3.63) is 57.3 Å². The van der Waals surface area contributed by atoms with Crippen molar-refractivity contribution < 1.29 is 14.7 Å². The van der Waals surface area contributed by atoms with Crippen molar-refractivity contribution in [2.75, 3.05) is 0 Å². The first-order valence-corrected chi connectivity index (χ1v) is 6.83. The summed E-state index contributed by atoms with van der Waals surface area (Å²) >= 11 is 1.28. The molecule has 1 N–H and O–H groups in total. The summed E-state index contributed by atoms with van der Waals surface area (Å²) in [5.41, 5.74) is 1.27. The largest absolute Gasteiger partial charge is 0.481 e. The third kappa shape index (κ3) is 1.79. The second-order valence-electron chi connectivity index (χ2n) is 4.83. The highest BCUT2D eigenvalue weighted by atomic mass is 32.1. The van der Waals surface area contributed by atoms with Crippen molar-refractivity contribution in [1.29, 1.82) is 0 Å². The van der Waals surface area contributed by atoms with E-state index >= 15 is 0 Å². The third-order valence-corrected chi connectivity index (χ3v) is 4.94. The molecule has 0 spiro atoms. The summed E-state index contributed by atoms with van der Waals surface area (Å²) in [4.78, 5) is 23.9. The van der Waals surface area contributed by atoms with Crippen LogP contribution in [-0.2, 0) is 23.1 Å². The quantitative estimate of drug-likeness (QED) is 0.874. The van der Waals surface area contributed by atoms with Gasteiger partial charge in [-0.1, -0.05) is 24.3 Å². The fourth-order valence-electron chi connectivity index (χ4n) is 2.72. The minimum absolute atomic E-state index is 0.497. The topological polar surface area (TPSA) is 54.4 Å². The van der Waals surface area contributed by atoms with Gasteiger partial charge in [-0.3, -0.25) is 9.59 Å². The fraction of sp³-hybridized carbons (Fsp3) is 0.200. The molecule has 0 atom stereocenters. The lowest BCUT2D eigenvalue weighted by atomic mass is 9.83. The Morgan fingerprint density at radius 1 is 1.16 bits per heavy atom. The Kier molecular flexibility index (Phi) is 2.75. The van der Waals surface area contributed by atoms with Gasteiger partial charge in [0.15, 0.2) is 6.29 Å².